The largest absolute Gasteiger partial charge is 0.460 e. The maximum Gasteiger partial charge on any atom is 0.134 e. The molecule has 0 radical (unpaired) electrons. The SMILES string of the molecule is CCCNCc1ccc(-c2cccc(I)c2)o1. The Labute approximate surface area is 116 Å². The molecule has 2 aromatic rings. The van der Waals surface area contributed by atoms with E-state index in [9.17, 15) is 0 Å². The highest BCUT2D eigenvalue weighted by Crippen LogP contribution is 2.23. The molecule has 0 bridgehead atoms. The minimum Gasteiger partial charge on any atom is -0.460 e. The fraction of sp³-hybridized carbons (Fsp3) is 0.286. The summed E-state index contributed by atoms with van der Waals surface area (Å²) in [6.45, 7) is 3.99. The average molecular weight is 341 g/mol. The van der Waals surface area contributed by atoms with Crippen molar-refractivity contribution < 1.29 is 4.42 Å². The molecule has 0 spiro atoms. The second-order valence-electron chi connectivity index (χ2n) is 3.95. The summed E-state index contributed by atoms with van der Waals surface area (Å²) in [6.07, 6.45) is 1.14. The lowest BCUT2D eigenvalue weighted by atomic mass is 10.2. The lowest BCUT2D eigenvalue weighted by Crippen LogP contribution is -2.12. The Kier molecular flexibility index (Phi) is 4.62. The van der Waals surface area contributed by atoms with Gasteiger partial charge in [0.25, 0.3) is 0 Å². The molecule has 0 saturated heterocycles. The average Bonchev–Trinajstić information content (AvgIpc) is 2.78. The molecule has 0 amide bonds. The second kappa shape index (κ2) is 6.21. The minimum atomic E-state index is 0.803. The van der Waals surface area contributed by atoms with Gasteiger partial charge in [0, 0.05) is 9.13 Å². The molecular formula is C14H16INO. The van der Waals surface area contributed by atoms with Crippen LogP contribution in [0.3, 0.4) is 0 Å². The van der Waals surface area contributed by atoms with Gasteiger partial charge in [0.05, 0.1) is 6.54 Å². The van der Waals surface area contributed by atoms with Gasteiger partial charge in [0.2, 0.25) is 0 Å². The lowest BCUT2D eigenvalue weighted by Gasteiger charge is -2.00. The van der Waals surface area contributed by atoms with Gasteiger partial charge in [0.15, 0.2) is 0 Å². The third-order valence-electron chi connectivity index (χ3n) is 2.50. The molecule has 90 valence electrons. The van der Waals surface area contributed by atoms with Crippen molar-refractivity contribution in [2.75, 3.05) is 6.54 Å². The molecule has 0 aliphatic rings. The highest BCUT2D eigenvalue weighted by molar-refractivity contribution is 14.1. The number of halogens is 1. The number of rotatable bonds is 5. The van der Waals surface area contributed by atoms with Crippen molar-refractivity contribution in [1.29, 1.82) is 0 Å². The molecule has 1 N–H and O–H groups in total. The second-order valence-corrected chi connectivity index (χ2v) is 5.20. The van der Waals surface area contributed by atoms with E-state index in [1.807, 2.05) is 12.1 Å². The van der Waals surface area contributed by atoms with Crippen LogP contribution >= 0.6 is 22.6 Å². The van der Waals surface area contributed by atoms with E-state index < -0.39 is 0 Å². The fourth-order valence-corrected chi connectivity index (χ4v) is 2.20. The molecule has 1 heterocycles. The molecule has 0 saturated carbocycles. The molecular weight excluding hydrogens is 325 g/mol. The Morgan fingerprint density at radius 1 is 1.24 bits per heavy atom. The Bertz CT molecular complexity index is 479. The van der Waals surface area contributed by atoms with Crippen molar-refractivity contribution in [3.05, 3.63) is 45.7 Å². The zero-order valence-electron chi connectivity index (χ0n) is 9.87. The molecule has 17 heavy (non-hydrogen) atoms. The molecule has 0 atom stereocenters. The summed E-state index contributed by atoms with van der Waals surface area (Å²) in [5.74, 6) is 1.93. The molecule has 0 unspecified atom stereocenters. The summed E-state index contributed by atoms with van der Waals surface area (Å²) in [4.78, 5) is 0. The third-order valence-corrected chi connectivity index (χ3v) is 3.17. The van der Waals surface area contributed by atoms with Crippen LogP contribution in [0.2, 0.25) is 0 Å². The molecule has 1 aromatic heterocycles. The normalized spacial score (nSPS) is 10.7. The molecule has 1 aromatic carbocycles. The zero-order valence-corrected chi connectivity index (χ0v) is 12.0. The van der Waals surface area contributed by atoms with E-state index in [0.29, 0.717) is 0 Å². The van der Waals surface area contributed by atoms with Gasteiger partial charge in [-0.25, -0.2) is 0 Å². The highest BCUT2D eigenvalue weighted by atomic mass is 127. The number of furan rings is 1. The molecule has 0 fully saturated rings. The van der Waals surface area contributed by atoms with Crippen LogP contribution in [0.15, 0.2) is 40.8 Å². The van der Waals surface area contributed by atoms with Crippen LogP contribution in [0.1, 0.15) is 19.1 Å². The van der Waals surface area contributed by atoms with Gasteiger partial charge < -0.3 is 9.73 Å². The van der Waals surface area contributed by atoms with Crippen LogP contribution in [-0.4, -0.2) is 6.54 Å². The van der Waals surface area contributed by atoms with Crippen molar-refractivity contribution in [2.24, 2.45) is 0 Å². The van der Waals surface area contributed by atoms with Gasteiger partial charge >= 0.3 is 0 Å². The number of hydrogen-bond donors (Lipinski definition) is 1. The predicted octanol–water partition coefficient (Wildman–Crippen LogP) is 4.05. The minimum absolute atomic E-state index is 0.803. The van der Waals surface area contributed by atoms with E-state index in [1.165, 1.54) is 3.57 Å². The van der Waals surface area contributed by atoms with Crippen molar-refractivity contribution in [1.82, 2.24) is 5.32 Å². The van der Waals surface area contributed by atoms with E-state index in [-0.39, 0.29) is 0 Å². The smallest absolute Gasteiger partial charge is 0.134 e. The molecule has 0 aliphatic carbocycles. The maximum absolute atomic E-state index is 5.81. The van der Waals surface area contributed by atoms with E-state index in [2.05, 4.69) is 59.1 Å². The van der Waals surface area contributed by atoms with Gasteiger partial charge in [-0.2, -0.15) is 0 Å². The van der Waals surface area contributed by atoms with Crippen molar-refractivity contribution in [3.8, 4) is 11.3 Å². The highest BCUT2D eigenvalue weighted by Gasteiger charge is 2.04. The van der Waals surface area contributed by atoms with Crippen molar-refractivity contribution >= 4 is 22.6 Å². The topological polar surface area (TPSA) is 25.2 Å². The number of hydrogen-bond acceptors (Lipinski definition) is 2. The van der Waals surface area contributed by atoms with Crippen molar-refractivity contribution in [2.45, 2.75) is 19.9 Å². The van der Waals surface area contributed by atoms with Gasteiger partial charge in [-0.1, -0.05) is 19.1 Å². The standard InChI is InChI=1S/C14H16INO/c1-2-8-16-10-13-6-7-14(17-13)11-4-3-5-12(15)9-11/h3-7,9,16H,2,8,10H2,1H3. The first-order valence-electron chi connectivity index (χ1n) is 5.85. The fourth-order valence-electron chi connectivity index (χ4n) is 1.66. The van der Waals surface area contributed by atoms with E-state index in [4.69, 9.17) is 4.42 Å². The monoisotopic (exact) mass is 341 g/mol. The lowest BCUT2D eigenvalue weighted by molar-refractivity contribution is 0.493. The summed E-state index contributed by atoms with van der Waals surface area (Å²) in [7, 11) is 0. The van der Waals surface area contributed by atoms with Crippen LogP contribution in [0.25, 0.3) is 11.3 Å². The number of nitrogens with one attached hydrogen (secondary N) is 1. The molecule has 2 rings (SSSR count). The number of benzene rings is 1. The quantitative estimate of drug-likeness (QED) is 0.656. The van der Waals surface area contributed by atoms with E-state index in [1.54, 1.807) is 0 Å². The van der Waals surface area contributed by atoms with Crippen molar-refractivity contribution in [3.63, 3.8) is 0 Å². The van der Waals surface area contributed by atoms with Gasteiger partial charge in [0.1, 0.15) is 11.5 Å². The summed E-state index contributed by atoms with van der Waals surface area (Å²) in [5.41, 5.74) is 1.14. The molecule has 2 nitrogen and oxygen atoms in total. The van der Waals surface area contributed by atoms with Crippen LogP contribution in [0.5, 0.6) is 0 Å². The summed E-state index contributed by atoms with van der Waals surface area (Å²) < 4.78 is 7.03. The molecule has 3 heteroatoms. The maximum atomic E-state index is 5.81. The summed E-state index contributed by atoms with van der Waals surface area (Å²) in [6, 6.07) is 12.4. The zero-order chi connectivity index (χ0) is 12.1. The summed E-state index contributed by atoms with van der Waals surface area (Å²) >= 11 is 2.31. The van der Waals surface area contributed by atoms with Gasteiger partial charge in [-0.05, 0) is 59.8 Å². The first-order valence-corrected chi connectivity index (χ1v) is 6.93. The third kappa shape index (κ3) is 3.57. The van der Waals surface area contributed by atoms with E-state index >= 15 is 0 Å². The first kappa shape index (κ1) is 12.6. The predicted molar refractivity (Wildman–Crippen MR) is 78.9 cm³/mol. The van der Waals surface area contributed by atoms with E-state index in [0.717, 1.165) is 36.6 Å². The first-order chi connectivity index (χ1) is 8.29. The van der Waals surface area contributed by atoms with Crippen LogP contribution in [0, 0.1) is 3.57 Å². The Balaban J connectivity index is 2.07. The molecule has 0 aliphatic heterocycles. The van der Waals surface area contributed by atoms with Gasteiger partial charge in [-0.15, -0.1) is 0 Å². The van der Waals surface area contributed by atoms with Crippen LogP contribution in [-0.2, 0) is 6.54 Å². The Hall–Kier alpha value is -0.810. The van der Waals surface area contributed by atoms with Gasteiger partial charge in [-0.3, -0.25) is 0 Å². The Morgan fingerprint density at radius 3 is 2.88 bits per heavy atom. The Morgan fingerprint density at radius 2 is 2.12 bits per heavy atom. The summed E-state index contributed by atoms with van der Waals surface area (Å²) in [5, 5.41) is 3.33. The van der Waals surface area contributed by atoms with Crippen LogP contribution in [0.4, 0.5) is 0 Å². The van der Waals surface area contributed by atoms with Crippen LogP contribution < -0.4 is 5.32 Å².